The van der Waals surface area contributed by atoms with Crippen LogP contribution in [0.25, 0.3) is 12.2 Å². The second kappa shape index (κ2) is 14.5. The normalized spacial score (nSPS) is 12.7. The Kier molecular flexibility index (Phi) is 11.7. The van der Waals surface area contributed by atoms with Crippen molar-refractivity contribution in [2.24, 2.45) is 5.92 Å². The summed E-state index contributed by atoms with van der Waals surface area (Å²) >= 11 is 0. The second-order valence-corrected chi connectivity index (χ2v) is 8.84. The fraction of sp³-hybridized carbons (Fsp3) is 0.452. The Hall–Kier alpha value is -2.81. The zero-order valence-corrected chi connectivity index (χ0v) is 22.2. The zero-order chi connectivity index (χ0) is 24.9. The van der Waals surface area contributed by atoms with Crippen LogP contribution in [0.5, 0.6) is 0 Å². The zero-order valence-electron chi connectivity index (χ0n) is 22.2. The van der Waals surface area contributed by atoms with Gasteiger partial charge in [0.2, 0.25) is 0 Å². The lowest BCUT2D eigenvalue weighted by Gasteiger charge is -2.21. The number of allylic oxidation sites excluding steroid dienone is 2. The van der Waals surface area contributed by atoms with E-state index in [0.29, 0.717) is 0 Å². The van der Waals surface area contributed by atoms with Gasteiger partial charge in [-0.1, -0.05) is 49.8 Å². The van der Waals surface area contributed by atoms with Gasteiger partial charge in [-0.2, -0.15) is 0 Å². The van der Waals surface area contributed by atoms with Crippen LogP contribution in [0.2, 0.25) is 0 Å². The molecule has 184 valence electrons. The van der Waals surface area contributed by atoms with Crippen molar-refractivity contribution in [1.29, 1.82) is 0 Å². The maximum Gasteiger partial charge on any atom is 0.161 e. The lowest BCUT2D eigenvalue weighted by atomic mass is 9.90. The Morgan fingerprint density at radius 3 is 1.68 bits per heavy atom. The first-order chi connectivity index (χ1) is 16.5. The first-order valence-corrected chi connectivity index (χ1v) is 13.1. The minimum absolute atomic E-state index is 0.0300. The van der Waals surface area contributed by atoms with E-state index in [-0.39, 0.29) is 11.7 Å². The van der Waals surface area contributed by atoms with Gasteiger partial charge in [0.25, 0.3) is 0 Å². The van der Waals surface area contributed by atoms with E-state index in [1.165, 1.54) is 16.9 Å². The predicted molar refractivity (Wildman–Crippen MR) is 151 cm³/mol. The molecule has 34 heavy (non-hydrogen) atoms. The molecule has 0 heterocycles. The molecule has 0 aliphatic rings. The van der Waals surface area contributed by atoms with Crippen molar-refractivity contribution in [1.82, 2.24) is 0 Å². The number of rotatable bonds is 14. The SMILES string of the molecule is CCCC(CC=Cc1ccc(N(CC)CC)cc1)C(=O)C(C)=Cc1ccc(N(CC)CC)cc1. The fourth-order valence-electron chi connectivity index (χ4n) is 4.47. The van der Waals surface area contributed by atoms with E-state index < -0.39 is 0 Å². The average molecular weight is 461 g/mol. The summed E-state index contributed by atoms with van der Waals surface area (Å²) in [6, 6.07) is 17.2. The van der Waals surface area contributed by atoms with Crippen LogP contribution < -0.4 is 9.80 Å². The molecule has 0 bridgehead atoms. The van der Waals surface area contributed by atoms with E-state index in [0.717, 1.165) is 56.6 Å². The summed E-state index contributed by atoms with van der Waals surface area (Å²) in [6.45, 7) is 16.8. The van der Waals surface area contributed by atoms with E-state index in [2.05, 4.69) is 105 Å². The molecule has 3 heteroatoms. The number of nitrogens with zero attached hydrogens (tertiary/aromatic N) is 2. The maximum absolute atomic E-state index is 13.2. The number of anilines is 2. The van der Waals surface area contributed by atoms with Gasteiger partial charge in [-0.15, -0.1) is 0 Å². The van der Waals surface area contributed by atoms with Crippen LogP contribution in [0.3, 0.4) is 0 Å². The monoisotopic (exact) mass is 460 g/mol. The average Bonchev–Trinajstić information content (AvgIpc) is 2.86. The topological polar surface area (TPSA) is 23.6 Å². The smallest absolute Gasteiger partial charge is 0.161 e. The van der Waals surface area contributed by atoms with Crippen molar-refractivity contribution in [2.45, 2.75) is 60.8 Å². The van der Waals surface area contributed by atoms with Gasteiger partial charge in [-0.25, -0.2) is 0 Å². The molecule has 2 aromatic carbocycles. The highest BCUT2D eigenvalue weighted by atomic mass is 16.1. The maximum atomic E-state index is 13.2. The molecule has 0 saturated heterocycles. The number of carbonyl (C=O) groups is 1. The number of carbonyl (C=O) groups excluding carboxylic acids is 1. The van der Waals surface area contributed by atoms with Gasteiger partial charge in [0.05, 0.1) is 0 Å². The fourth-order valence-corrected chi connectivity index (χ4v) is 4.47. The molecular weight excluding hydrogens is 416 g/mol. The lowest BCUT2D eigenvalue weighted by molar-refractivity contribution is -0.119. The molecule has 0 spiro atoms. The van der Waals surface area contributed by atoms with Gasteiger partial charge in [0.15, 0.2) is 5.78 Å². The molecule has 0 N–H and O–H groups in total. The molecule has 2 rings (SSSR count). The predicted octanol–water partition coefficient (Wildman–Crippen LogP) is 7.87. The Balaban J connectivity index is 2.05. The first-order valence-electron chi connectivity index (χ1n) is 13.1. The van der Waals surface area contributed by atoms with Crippen LogP contribution in [0, 0.1) is 5.92 Å². The van der Waals surface area contributed by atoms with Crippen molar-refractivity contribution in [3.63, 3.8) is 0 Å². The highest BCUT2D eigenvalue weighted by Gasteiger charge is 2.17. The summed E-state index contributed by atoms with van der Waals surface area (Å²) in [5.74, 6) is 0.290. The molecule has 0 aliphatic carbocycles. The standard InChI is InChI=1S/C31H44N2O/c1-7-13-28(15-12-14-26-16-20-29(21-17-26)32(8-2)9-3)31(34)25(6)24-27-18-22-30(23-19-27)33(10-4)11-5/h12,14,16-24,28H,7-11,13,15H2,1-6H3. The quantitative estimate of drug-likeness (QED) is 0.268. The molecule has 0 fully saturated rings. The second-order valence-electron chi connectivity index (χ2n) is 8.84. The molecule has 0 aliphatic heterocycles. The summed E-state index contributed by atoms with van der Waals surface area (Å²) in [5.41, 5.74) is 5.59. The number of ketones is 1. The number of benzene rings is 2. The van der Waals surface area contributed by atoms with Crippen molar-refractivity contribution in [2.75, 3.05) is 36.0 Å². The van der Waals surface area contributed by atoms with Crippen molar-refractivity contribution >= 4 is 29.3 Å². The summed E-state index contributed by atoms with van der Waals surface area (Å²) in [6.07, 6.45) is 9.04. The van der Waals surface area contributed by atoms with E-state index in [4.69, 9.17) is 0 Å². The Morgan fingerprint density at radius 1 is 0.765 bits per heavy atom. The Morgan fingerprint density at radius 2 is 1.24 bits per heavy atom. The van der Waals surface area contributed by atoms with E-state index in [1.54, 1.807) is 0 Å². The summed E-state index contributed by atoms with van der Waals surface area (Å²) in [4.78, 5) is 17.9. The Bertz CT molecular complexity index is 917. The first kappa shape index (κ1) is 27.4. The molecule has 2 aromatic rings. The number of hydrogen-bond donors (Lipinski definition) is 0. The van der Waals surface area contributed by atoms with Gasteiger partial charge in [0, 0.05) is 43.5 Å². The highest BCUT2D eigenvalue weighted by Crippen LogP contribution is 2.22. The van der Waals surface area contributed by atoms with E-state index >= 15 is 0 Å². The third kappa shape index (κ3) is 7.90. The third-order valence-electron chi connectivity index (χ3n) is 6.55. The van der Waals surface area contributed by atoms with Gasteiger partial charge < -0.3 is 9.80 Å². The molecule has 0 aromatic heterocycles. The van der Waals surface area contributed by atoms with Gasteiger partial charge >= 0.3 is 0 Å². The number of Topliss-reactive ketones (excluding diaryl/α,β-unsaturated/α-hetero) is 1. The van der Waals surface area contributed by atoms with Crippen LogP contribution in [-0.2, 0) is 4.79 Å². The molecule has 0 radical (unpaired) electrons. The van der Waals surface area contributed by atoms with E-state index in [1.807, 2.05) is 13.0 Å². The minimum atomic E-state index is 0.0300. The molecule has 0 amide bonds. The highest BCUT2D eigenvalue weighted by molar-refractivity contribution is 6.00. The largest absolute Gasteiger partial charge is 0.372 e. The minimum Gasteiger partial charge on any atom is -0.372 e. The third-order valence-corrected chi connectivity index (χ3v) is 6.55. The van der Waals surface area contributed by atoms with Crippen molar-refractivity contribution < 1.29 is 4.79 Å². The van der Waals surface area contributed by atoms with Crippen molar-refractivity contribution in [3.8, 4) is 0 Å². The van der Waals surface area contributed by atoms with Crippen LogP contribution >= 0.6 is 0 Å². The number of hydrogen-bond acceptors (Lipinski definition) is 3. The molecular formula is C31H44N2O. The van der Waals surface area contributed by atoms with Crippen LogP contribution in [0.4, 0.5) is 11.4 Å². The summed E-state index contributed by atoms with van der Waals surface area (Å²) in [7, 11) is 0. The van der Waals surface area contributed by atoms with Gasteiger partial charge in [0.1, 0.15) is 0 Å². The van der Waals surface area contributed by atoms with Crippen LogP contribution in [0.15, 0.2) is 60.2 Å². The molecule has 3 nitrogen and oxygen atoms in total. The van der Waals surface area contributed by atoms with Crippen LogP contribution in [0.1, 0.15) is 71.9 Å². The lowest BCUT2D eigenvalue weighted by Crippen LogP contribution is -2.21. The van der Waals surface area contributed by atoms with Crippen molar-refractivity contribution in [3.05, 3.63) is 71.3 Å². The summed E-state index contributed by atoms with van der Waals surface area (Å²) < 4.78 is 0. The molecule has 1 unspecified atom stereocenters. The van der Waals surface area contributed by atoms with E-state index in [9.17, 15) is 4.79 Å². The van der Waals surface area contributed by atoms with Gasteiger partial charge in [-0.3, -0.25) is 4.79 Å². The molecule has 1 atom stereocenters. The Labute approximate surface area is 208 Å². The van der Waals surface area contributed by atoms with Crippen LogP contribution in [-0.4, -0.2) is 32.0 Å². The van der Waals surface area contributed by atoms with Gasteiger partial charge in [-0.05, 0) is 94.5 Å². The summed E-state index contributed by atoms with van der Waals surface area (Å²) in [5, 5.41) is 0. The molecule has 0 saturated carbocycles.